The molecule has 0 aliphatic carbocycles. The quantitative estimate of drug-likeness (QED) is 0.0863. The number of nitrogens with one attached hydrogen (secondary N) is 4. The van der Waals surface area contributed by atoms with Gasteiger partial charge in [-0.3, -0.25) is 28.8 Å². The summed E-state index contributed by atoms with van der Waals surface area (Å²) in [4.78, 5) is 81.3. The Balaban J connectivity index is 2.92. The maximum atomic E-state index is 12.7. The third kappa shape index (κ3) is 10.9. The lowest BCUT2D eigenvalue weighted by Crippen LogP contribution is -2.57. The van der Waals surface area contributed by atoms with E-state index in [2.05, 4.69) is 28.6 Å². The van der Waals surface area contributed by atoms with Gasteiger partial charge in [0.2, 0.25) is 24.1 Å². The fraction of sp³-hybridized carbons (Fsp3) is 0.381. The molecule has 14 nitrogen and oxygen atoms in total. The third-order valence-corrected chi connectivity index (χ3v) is 4.98. The Hall–Kier alpha value is -4.14. The lowest BCUT2D eigenvalue weighted by Gasteiger charge is -2.22. The van der Waals surface area contributed by atoms with Crippen molar-refractivity contribution >= 4 is 54.7 Å². The molecule has 0 spiro atoms. The summed E-state index contributed by atoms with van der Waals surface area (Å²) in [6.07, 6.45) is -1.50. The van der Waals surface area contributed by atoms with Crippen LogP contribution in [0, 0.1) is 0 Å². The number of rotatable bonds is 16. The van der Waals surface area contributed by atoms with Gasteiger partial charge in [0.05, 0.1) is 19.3 Å². The monoisotopic (exact) mass is 526 g/mol. The van der Waals surface area contributed by atoms with Gasteiger partial charge in [0.25, 0.3) is 0 Å². The predicted molar refractivity (Wildman–Crippen MR) is 125 cm³/mol. The molecule has 0 bridgehead atoms. The van der Waals surface area contributed by atoms with E-state index < -0.39 is 66.6 Å². The van der Waals surface area contributed by atoms with E-state index in [4.69, 9.17) is 15.3 Å². The van der Waals surface area contributed by atoms with Crippen molar-refractivity contribution in [3.05, 3.63) is 35.4 Å². The zero-order chi connectivity index (χ0) is 27.3. The van der Waals surface area contributed by atoms with Crippen molar-refractivity contribution in [2.75, 3.05) is 5.75 Å². The second kappa shape index (κ2) is 15.0. The number of hydrogen-bond acceptors (Lipinski definition) is 8. The van der Waals surface area contributed by atoms with E-state index >= 15 is 0 Å². The van der Waals surface area contributed by atoms with Gasteiger partial charge in [-0.15, -0.1) is 0 Å². The largest absolute Gasteiger partial charge is 0.481 e. The van der Waals surface area contributed by atoms with E-state index in [0.717, 1.165) is 5.56 Å². The molecular weight excluding hydrogens is 500 g/mol. The first-order valence-corrected chi connectivity index (χ1v) is 11.0. The summed E-state index contributed by atoms with van der Waals surface area (Å²) in [5.74, 6) is -7.74. The van der Waals surface area contributed by atoms with Crippen LogP contribution in [0.2, 0.25) is 0 Å². The van der Waals surface area contributed by atoms with E-state index in [1.807, 2.05) is 5.32 Å². The molecule has 0 unspecified atom stereocenters. The number of benzene rings is 1. The Morgan fingerprint density at radius 3 is 1.69 bits per heavy atom. The summed E-state index contributed by atoms with van der Waals surface area (Å²) in [6.45, 7) is 0.281. The second-order valence-corrected chi connectivity index (χ2v) is 7.82. The van der Waals surface area contributed by atoms with Crippen LogP contribution < -0.4 is 21.3 Å². The van der Waals surface area contributed by atoms with Gasteiger partial charge < -0.3 is 36.6 Å². The van der Waals surface area contributed by atoms with E-state index in [1.165, 1.54) is 0 Å². The molecule has 0 saturated heterocycles. The first-order chi connectivity index (χ1) is 17.0. The molecule has 0 aromatic heterocycles. The summed E-state index contributed by atoms with van der Waals surface area (Å²) in [5, 5.41) is 36.0. The zero-order valence-electron chi connectivity index (χ0n) is 18.8. The molecule has 4 amide bonds. The molecule has 0 heterocycles. The third-order valence-electron chi connectivity index (χ3n) is 4.62. The Kier molecular flexibility index (Phi) is 12.4. The molecule has 196 valence electrons. The van der Waals surface area contributed by atoms with Gasteiger partial charge in [0, 0.05) is 12.3 Å². The highest BCUT2D eigenvalue weighted by atomic mass is 32.1. The van der Waals surface area contributed by atoms with E-state index in [9.17, 15) is 33.6 Å². The van der Waals surface area contributed by atoms with Crippen LogP contribution in [-0.2, 0) is 46.5 Å². The van der Waals surface area contributed by atoms with Crippen molar-refractivity contribution in [3.63, 3.8) is 0 Å². The lowest BCUT2D eigenvalue weighted by atomic mass is 10.1. The average molecular weight is 527 g/mol. The van der Waals surface area contributed by atoms with Crippen molar-refractivity contribution in [1.29, 1.82) is 0 Å². The van der Waals surface area contributed by atoms with Crippen molar-refractivity contribution in [2.24, 2.45) is 0 Å². The topological polar surface area (TPSA) is 228 Å². The van der Waals surface area contributed by atoms with Gasteiger partial charge in [-0.2, -0.15) is 12.6 Å². The van der Waals surface area contributed by atoms with E-state index in [-0.39, 0.29) is 18.7 Å². The number of carbonyl (C=O) groups is 7. The number of amides is 4. The summed E-state index contributed by atoms with van der Waals surface area (Å²) in [6, 6.07) is 1.63. The van der Waals surface area contributed by atoms with Crippen molar-refractivity contribution in [1.82, 2.24) is 21.3 Å². The van der Waals surface area contributed by atoms with Gasteiger partial charge in [0.15, 0.2) is 0 Å². The van der Waals surface area contributed by atoms with Crippen LogP contribution >= 0.6 is 12.6 Å². The summed E-state index contributed by atoms with van der Waals surface area (Å²) in [5.41, 5.74) is 1.28. The Morgan fingerprint density at radius 1 is 0.778 bits per heavy atom. The van der Waals surface area contributed by atoms with Crippen LogP contribution in [0.4, 0.5) is 0 Å². The van der Waals surface area contributed by atoms with Crippen molar-refractivity contribution < 1.29 is 48.9 Å². The molecule has 0 saturated carbocycles. The molecule has 0 fully saturated rings. The lowest BCUT2D eigenvalue weighted by molar-refractivity contribution is -0.144. The molecule has 0 aliphatic heterocycles. The summed E-state index contributed by atoms with van der Waals surface area (Å²) >= 11 is 3.78. The summed E-state index contributed by atoms with van der Waals surface area (Å²) in [7, 11) is 0. The molecule has 1 aromatic carbocycles. The molecule has 3 atom stereocenters. The minimum Gasteiger partial charge on any atom is -0.481 e. The average Bonchev–Trinajstić information content (AvgIpc) is 2.80. The molecule has 36 heavy (non-hydrogen) atoms. The number of aliphatic carboxylic acids is 3. The molecule has 7 N–H and O–H groups in total. The number of carboxylic acids is 3. The second-order valence-electron chi connectivity index (χ2n) is 7.45. The molecule has 0 aliphatic rings. The first-order valence-electron chi connectivity index (χ1n) is 10.4. The maximum Gasteiger partial charge on any atom is 0.327 e. The smallest absolute Gasteiger partial charge is 0.327 e. The van der Waals surface area contributed by atoms with Crippen LogP contribution in [-0.4, -0.2) is 81.2 Å². The van der Waals surface area contributed by atoms with Gasteiger partial charge in [-0.1, -0.05) is 24.3 Å². The fourth-order valence-corrected chi connectivity index (χ4v) is 3.11. The van der Waals surface area contributed by atoms with Crippen molar-refractivity contribution in [3.8, 4) is 0 Å². The van der Waals surface area contributed by atoms with Gasteiger partial charge in [-0.05, 0) is 11.1 Å². The molecule has 1 aromatic rings. The number of carboxylic acid groups (broad SMARTS) is 3. The first kappa shape index (κ1) is 29.9. The highest BCUT2D eigenvalue weighted by molar-refractivity contribution is 7.80. The number of carbonyl (C=O) groups excluding carboxylic acids is 4. The molecule has 1 rings (SSSR count). The van der Waals surface area contributed by atoms with E-state index in [1.54, 1.807) is 24.3 Å². The van der Waals surface area contributed by atoms with Crippen LogP contribution in [0.1, 0.15) is 24.0 Å². The Morgan fingerprint density at radius 2 is 1.25 bits per heavy atom. The molecular formula is C21H26N4O10S. The minimum absolute atomic E-state index is 0.230. The van der Waals surface area contributed by atoms with Crippen LogP contribution in [0.3, 0.4) is 0 Å². The zero-order valence-corrected chi connectivity index (χ0v) is 19.7. The fourth-order valence-electron chi connectivity index (χ4n) is 2.86. The van der Waals surface area contributed by atoms with Crippen molar-refractivity contribution in [2.45, 2.75) is 43.9 Å². The maximum absolute atomic E-state index is 12.7. The Bertz CT molecular complexity index is 985. The molecule has 0 radical (unpaired) electrons. The predicted octanol–water partition coefficient (Wildman–Crippen LogP) is -2.11. The molecule has 15 heteroatoms. The summed E-state index contributed by atoms with van der Waals surface area (Å²) < 4.78 is 0. The number of thiol groups is 1. The number of hydrogen-bond donors (Lipinski definition) is 8. The normalized spacial score (nSPS) is 12.8. The van der Waals surface area contributed by atoms with Gasteiger partial charge in [-0.25, -0.2) is 4.79 Å². The van der Waals surface area contributed by atoms with Crippen LogP contribution in [0.25, 0.3) is 0 Å². The van der Waals surface area contributed by atoms with Crippen LogP contribution in [0.5, 0.6) is 0 Å². The highest BCUT2D eigenvalue weighted by Gasteiger charge is 2.31. The standard InChI is InChI=1S/C21H26N4O10S/c26-10-22-8-12-3-1-11(2-4-12)5-16(27)23-13(6-17(28)29)19(32)24-14(7-18(30)31)20(33)25-15(9-36)21(34)35/h1-4,10,13-15,36H,5-9H2,(H,22,26)(H,23,27)(H,24,32)(H,25,33)(H,28,29)(H,30,31)(H,34,35)/t13-,14-,15-/m0/s1. The minimum atomic E-state index is -1.75. The van der Waals surface area contributed by atoms with Gasteiger partial charge in [0.1, 0.15) is 18.1 Å². The van der Waals surface area contributed by atoms with Crippen LogP contribution in [0.15, 0.2) is 24.3 Å². The highest BCUT2D eigenvalue weighted by Crippen LogP contribution is 2.06. The van der Waals surface area contributed by atoms with E-state index in [0.29, 0.717) is 12.0 Å². The SMILES string of the molecule is O=CNCc1ccc(CC(=O)N[C@@H](CC(=O)O)C(=O)N[C@@H](CC(=O)O)C(=O)N[C@@H](CS)C(=O)O)cc1. The van der Waals surface area contributed by atoms with Gasteiger partial charge >= 0.3 is 17.9 Å². The Labute approximate surface area is 210 Å².